The lowest BCUT2D eigenvalue weighted by molar-refractivity contribution is -0.124. The zero-order chi connectivity index (χ0) is 12.9. The van der Waals surface area contributed by atoms with Crippen molar-refractivity contribution in [3.63, 3.8) is 0 Å². The van der Waals surface area contributed by atoms with Gasteiger partial charge in [-0.3, -0.25) is 4.79 Å². The standard InChI is InChI=1S/C12H22N2OS/c1-10(2)7(11(10,3)4)8(15)14-12(5,6)9(13)16/h7H,1-6H3,(H2,13,16)(H,14,15). The summed E-state index contributed by atoms with van der Waals surface area (Å²) in [5, 5.41) is 2.92. The minimum absolute atomic E-state index is 0.0358. The molecule has 0 aromatic rings. The normalized spacial score (nSPS) is 22.6. The fraction of sp³-hybridized carbons (Fsp3) is 0.833. The fourth-order valence-corrected chi connectivity index (χ4v) is 2.34. The van der Waals surface area contributed by atoms with Crippen molar-refractivity contribution in [2.45, 2.75) is 47.1 Å². The molecule has 1 amide bonds. The smallest absolute Gasteiger partial charge is 0.224 e. The van der Waals surface area contributed by atoms with Crippen LogP contribution in [-0.2, 0) is 4.79 Å². The van der Waals surface area contributed by atoms with Gasteiger partial charge in [0.1, 0.15) is 0 Å². The number of rotatable bonds is 3. The van der Waals surface area contributed by atoms with Gasteiger partial charge in [-0.1, -0.05) is 39.9 Å². The van der Waals surface area contributed by atoms with Gasteiger partial charge in [0.15, 0.2) is 0 Å². The molecule has 0 atom stereocenters. The van der Waals surface area contributed by atoms with Crippen LogP contribution in [0.4, 0.5) is 0 Å². The first-order chi connectivity index (χ1) is 6.94. The van der Waals surface area contributed by atoms with Crippen LogP contribution < -0.4 is 11.1 Å². The SMILES string of the molecule is CC(C)(NC(=O)C1C(C)(C)C1(C)C)C(N)=S. The lowest BCUT2D eigenvalue weighted by atomic mass is 10.0. The van der Waals surface area contributed by atoms with Crippen molar-refractivity contribution in [3.05, 3.63) is 0 Å². The van der Waals surface area contributed by atoms with Crippen molar-refractivity contribution in [1.82, 2.24) is 5.32 Å². The molecular weight excluding hydrogens is 220 g/mol. The molecule has 0 aromatic heterocycles. The van der Waals surface area contributed by atoms with E-state index in [1.807, 2.05) is 13.8 Å². The summed E-state index contributed by atoms with van der Waals surface area (Å²) in [5.74, 6) is 0.0847. The molecule has 0 unspecified atom stereocenters. The van der Waals surface area contributed by atoms with Gasteiger partial charge in [0, 0.05) is 5.92 Å². The molecule has 0 radical (unpaired) electrons. The highest BCUT2D eigenvalue weighted by Gasteiger charge is 2.68. The summed E-state index contributed by atoms with van der Waals surface area (Å²) >= 11 is 4.93. The minimum atomic E-state index is -0.610. The Morgan fingerprint density at radius 1 is 1.25 bits per heavy atom. The molecule has 4 heteroatoms. The predicted octanol–water partition coefficient (Wildman–Crippen LogP) is 1.85. The van der Waals surface area contributed by atoms with Crippen LogP contribution in [0.5, 0.6) is 0 Å². The summed E-state index contributed by atoms with van der Waals surface area (Å²) in [6.45, 7) is 12.1. The molecule has 0 heterocycles. The fourth-order valence-electron chi connectivity index (χ4n) is 2.29. The van der Waals surface area contributed by atoms with E-state index in [1.165, 1.54) is 0 Å². The number of nitrogens with one attached hydrogen (secondary N) is 1. The van der Waals surface area contributed by atoms with Crippen molar-refractivity contribution in [3.8, 4) is 0 Å². The molecule has 0 spiro atoms. The Labute approximate surface area is 103 Å². The van der Waals surface area contributed by atoms with Crippen molar-refractivity contribution in [2.24, 2.45) is 22.5 Å². The highest BCUT2D eigenvalue weighted by Crippen LogP contribution is 2.68. The topological polar surface area (TPSA) is 55.1 Å². The predicted molar refractivity (Wildman–Crippen MR) is 70.1 cm³/mol. The van der Waals surface area contributed by atoms with Crippen LogP contribution in [0.2, 0.25) is 0 Å². The average Bonchev–Trinajstić information content (AvgIpc) is 2.40. The maximum absolute atomic E-state index is 12.1. The molecule has 0 bridgehead atoms. The van der Waals surface area contributed by atoms with E-state index in [9.17, 15) is 4.79 Å². The van der Waals surface area contributed by atoms with E-state index < -0.39 is 5.54 Å². The zero-order valence-electron chi connectivity index (χ0n) is 11.0. The molecule has 0 saturated heterocycles. The molecule has 0 aliphatic heterocycles. The van der Waals surface area contributed by atoms with E-state index in [0.29, 0.717) is 4.99 Å². The molecule has 3 N–H and O–H groups in total. The second-order valence-electron chi connectivity index (χ2n) is 6.35. The first kappa shape index (κ1) is 13.4. The maximum Gasteiger partial charge on any atom is 0.224 e. The number of thiocarbonyl (C=S) groups is 1. The molecule has 3 nitrogen and oxygen atoms in total. The summed E-state index contributed by atoms with van der Waals surface area (Å²) < 4.78 is 0. The van der Waals surface area contributed by atoms with Crippen LogP contribution >= 0.6 is 12.2 Å². The Kier molecular flexibility index (Phi) is 2.87. The number of hydrogen-bond donors (Lipinski definition) is 2. The first-order valence-corrected chi connectivity index (χ1v) is 5.97. The van der Waals surface area contributed by atoms with E-state index in [2.05, 4.69) is 33.0 Å². The van der Waals surface area contributed by atoms with E-state index in [-0.39, 0.29) is 22.7 Å². The number of carbonyl (C=O) groups is 1. The minimum Gasteiger partial charge on any atom is -0.391 e. The summed E-state index contributed by atoms with van der Waals surface area (Å²) in [7, 11) is 0. The highest BCUT2D eigenvalue weighted by atomic mass is 32.1. The molecule has 16 heavy (non-hydrogen) atoms. The van der Waals surface area contributed by atoms with Crippen molar-refractivity contribution >= 4 is 23.1 Å². The van der Waals surface area contributed by atoms with E-state index in [0.717, 1.165) is 0 Å². The van der Waals surface area contributed by atoms with Gasteiger partial charge < -0.3 is 11.1 Å². The zero-order valence-corrected chi connectivity index (χ0v) is 11.8. The molecular formula is C12H22N2OS. The molecule has 1 aliphatic carbocycles. The van der Waals surface area contributed by atoms with Crippen LogP contribution in [-0.4, -0.2) is 16.4 Å². The second kappa shape index (κ2) is 3.42. The number of hydrogen-bond acceptors (Lipinski definition) is 2. The van der Waals surface area contributed by atoms with Crippen LogP contribution in [0.1, 0.15) is 41.5 Å². The van der Waals surface area contributed by atoms with Crippen molar-refractivity contribution in [1.29, 1.82) is 0 Å². The van der Waals surface area contributed by atoms with Crippen LogP contribution in [0, 0.1) is 16.7 Å². The third-order valence-electron chi connectivity index (χ3n) is 4.33. The van der Waals surface area contributed by atoms with Gasteiger partial charge in [0.2, 0.25) is 5.91 Å². The Balaban J connectivity index is 2.74. The van der Waals surface area contributed by atoms with E-state index in [1.54, 1.807) is 0 Å². The largest absolute Gasteiger partial charge is 0.391 e. The van der Waals surface area contributed by atoms with E-state index >= 15 is 0 Å². The van der Waals surface area contributed by atoms with Gasteiger partial charge in [-0.25, -0.2) is 0 Å². The molecule has 1 aliphatic rings. The Bertz CT molecular complexity index is 331. The molecule has 1 rings (SSSR count). The summed E-state index contributed by atoms with van der Waals surface area (Å²) in [4.78, 5) is 12.4. The Morgan fingerprint density at radius 2 is 1.62 bits per heavy atom. The maximum atomic E-state index is 12.1. The number of nitrogens with two attached hydrogens (primary N) is 1. The van der Waals surface area contributed by atoms with Gasteiger partial charge in [-0.2, -0.15) is 0 Å². The number of carbonyl (C=O) groups excluding carboxylic acids is 1. The van der Waals surface area contributed by atoms with Gasteiger partial charge in [-0.15, -0.1) is 0 Å². The van der Waals surface area contributed by atoms with Gasteiger partial charge in [0.05, 0.1) is 10.5 Å². The Hall–Kier alpha value is -0.640. The highest BCUT2D eigenvalue weighted by molar-refractivity contribution is 7.80. The quantitative estimate of drug-likeness (QED) is 0.743. The van der Waals surface area contributed by atoms with Crippen LogP contribution in [0.25, 0.3) is 0 Å². The third-order valence-corrected chi connectivity index (χ3v) is 4.84. The summed E-state index contributed by atoms with van der Waals surface area (Å²) in [6, 6.07) is 0. The summed E-state index contributed by atoms with van der Waals surface area (Å²) in [5.41, 5.74) is 5.07. The molecule has 1 saturated carbocycles. The van der Waals surface area contributed by atoms with Gasteiger partial charge >= 0.3 is 0 Å². The van der Waals surface area contributed by atoms with Crippen molar-refractivity contribution < 1.29 is 4.79 Å². The lowest BCUT2D eigenvalue weighted by Crippen LogP contribution is -2.53. The monoisotopic (exact) mass is 242 g/mol. The molecule has 1 fully saturated rings. The first-order valence-electron chi connectivity index (χ1n) is 5.56. The van der Waals surface area contributed by atoms with E-state index in [4.69, 9.17) is 18.0 Å². The third kappa shape index (κ3) is 1.83. The van der Waals surface area contributed by atoms with Gasteiger partial charge in [0.25, 0.3) is 0 Å². The average molecular weight is 242 g/mol. The summed E-state index contributed by atoms with van der Waals surface area (Å²) in [6.07, 6.45) is 0. The number of amides is 1. The van der Waals surface area contributed by atoms with Gasteiger partial charge in [-0.05, 0) is 24.7 Å². The van der Waals surface area contributed by atoms with Crippen molar-refractivity contribution in [2.75, 3.05) is 0 Å². The van der Waals surface area contributed by atoms with Crippen LogP contribution in [0.15, 0.2) is 0 Å². The lowest BCUT2D eigenvalue weighted by Gasteiger charge is -2.25. The van der Waals surface area contributed by atoms with Crippen LogP contribution in [0.3, 0.4) is 0 Å². The second-order valence-corrected chi connectivity index (χ2v) is 6.79. The molecule has 0 aromatic carbocycles. The molecule has 92 valence electrons. The Morgan fingerprint density at radius 3 is 1.88 bits per heavy atom.